The first kappa shape index (κ1) is 29.0. The minimum atomic E-state index is -4.22. The molecule has 3 aromatic heterocycles. The average molecular weight is 626 g/mol. The second kappa shape index (κ2) is 11.2. The van der Waals surface area contributed by atoms with Gasteiger partial charge < -0.3 is 15.5 Å². The highest BCUT2D eigenvalue weighted by Gasteiger charge is 2.23. The quantitative estimate of drug-likeness (QED) is 0.183. The summed E-state index contributed by atoms with van der Waals surface area (Å²) in [6, 6.07) is 18.3. The van der Waals surface area contributed by atoms with Crippen LogP contribution < -0.4 is 15.2 Å². The van der Waals surface area contributed by atoms with Crippen molar-refractivity contribution in [1.82, 2.24) is 19.7 Å². The summed E-state index contributed by atoms with van der Waals surface area (Å²) in [7, 11) is -4.22. The number of nitrogens with zero attached hydrogens (tertiary/aromatic N) is 4. The van der Waals surface area contributed by atoms with E-state index in [9.17, 15) is 22.0 Å². The number of fused-ring (bicyclic) bond motifs is 1. The maximum Gasteiger partial charge on any atom is 0.262 e. The van der Waals surface area contributed by atoms with Crippen molar-refractivity contribution in [2.75, 3.05) is 10.5 Å². The molecule has 11 nitrogen and oxygen atoms in total. The molecule has 6 aromatic rings. The number of aromatic amines is 1. The number of para-hydroxylation sites is 1. The van der Waals surface area contributed by atoms with E-state index in [2.05, 4.69) is 19.8 Å². The molecule has 0 atom stereocenters. The highest BCUT2D eigenvalue weighted by atomic mass is 32.2. The van der Waals surface area contributed by atoms with Crippen LogP contribution in [0.1, 0.15) is 27.2 Å². The Morgan fingerprint density at radius 3 is 2.60 bits per heavy atom. The highest BCUT2D eigenvalue weighted by Crippen LogP contribution is 2.29. The number of nitrogen functional groups attached to an aromatic ring is 1. The lowest BCUT2D eigenvalue weighted by atomic mass is 10.1. The maximum absolute atomic E-state index is 15.0. The predicted molar refractivity (Wildman–Crippen MR) is 161 cm³/mol. The van der Waals surface area contributed by atoms with Crippen molar-refractivity contribution in [3.63, 3.8) is 0 Å². The third-order valence-corrected chi connectivity index (χ3v) is 8.22. The summed E-state index contributed by atoms with van der Waals surface area (Å²) in [5.41, 5.74) is 7.53. The van der Waals surface area contributed by atoms with E-state index in [1.807, 2.05) is 6.07 Å². The molecule has 4 N–H and O–H groups in total. The molecule has 0 bridgehead atoms. The Morgan fingerprint density at radius 1 is 1.04 bits per heavy atom. The molecular formula is C31H21F2N7O4S. The number of ketones is 1. The Morgan fingerprint density at radius 2 is 1.84 bits per heavy atom. The van der Waals surface area contributed by atoms with Crippen LogP contribution in [0, 0.1) is 29.9 Å². The number of sulfonamides is 1. The highest BCUT2D eigenvalue weighted by molar-refractivity contribution is 7.92. The number of aryl methyl sites for hydroxylation is 1. The molecule has 0 saturated carbocycles. The number of carbonyl (C=O) groups excluding carboxylic acids is 1. The number of carbonyl (C=O) groups is 1. The topological polar surface area (TPSA) is 169 Å². The summed E-state index contributed by atoms with van der Waals surface area (Å²) in [5, 5.41) is 13.6. The summed E-state index contributed by atoms with van der Waals surface area (Å²) in [5.74, 6) is -1.80. The summed E-state index contributed by atoms with van der Waals surface area (Å²) in [4.78, 5) is 20.3. The molecule has 0 aliphatic carbocycles. The standard InChI is InChI=1S/C31H21F2N7O4S/c1-17-9-29(44-28-8-3-2-7-22(28)32)36-16-27(17)40-31(35)21(15-37-40)30(41)26-12-19-11-23(33)25(13-24(19)38-26)39-45(42,43)20-6-4-5-18(10-20)14-34/h2-13,15-16,38-39H,35H2,1H3. The molecule has 224 valence electrons. The Labute approximate surface area is 254 Å². The lowest BCUT2D eigenvalue weighted by Gasteiger charge is -2.11. The van der Waals surface area contributed by atoms with Crippen LogP contribution in [0.3, 0.4) is 0 Å². The van der Waals surface area contributed by atoms with Gasteiger partial charge in [0.25, 0.3) is 10.0 Å². The number of ether oxygens (including phenoxy) is 1. The fourth-order valence-corrected chi connectivity index (χ4v) is 5.70. The number of hydrogen-bond acceptors (Lipinski definition) is 8. The number of nitrogens with one attached hydrogen (secondary N) is 2. The molecule has 14 heteroatoms. The van der Waals surface area contributed by atoms with E-state index in [4.69, 9.17) is 15.7 Å². The van der Waals surface area contributed by atoms with Crippen LogP contribution in [-0.4, -0.2) is 33.9 Å². The lowest BCUT2D eigenvalue weighted by Crippen LogP contribution is -2.14. The second-order valence-corrected chi connectivity index (χ2v) is 11.6. The molecule has 6 rings (SSSR count). The van der Waals surface area contributed by atoms with Crippen molar-refractivity contribution in [1.29, 1.82) is 5.26 Å². The third kappa shape index (κ3) is 5.55. The van der Waals surface area contributed by atoms with Crippen LogP contribution in [0.5, 0.6) is 11.6 Å². The molecule has 3 heterocycles. The van der Waals surface area contributed by atoms with Crippen molar-refractivity contribution >= 4 is 38.2 Å². The average Bonchev–Trinajstić information content (AvgIpc) is 3.61. The number of nitriles is 1. The van der Waals surface area contributed by atoms with Gasteiger partial charge in [0.1, 0.15) is 11.6 Å². The molecule has 0 spiro atoms. The normalized spacial score (nSPS) is 11.3. The molecule has 45 heavy (non-hydrogen) atoms. The summed E-state index contributed by atoms with van der Waals surface area (Å²) in [6.07, 6.45) is 2.70. The van der Waals surface area contributed by atoms with Gasteiger partial charge in [0.2, 0.25) is 11.7 Å². The summed E-state index contributed by atoms with van der Waals surface area (Å²) >= 11 is 0. The van der Waals surface area contributed by atoms with Crippen molar-refractivity contribution in [3.05, 3.63) is 119 Å². The molecule has 0 amide bonds. The van der Waals surface area contributed by atoms with E-state index in [1.54, 1.807) is 25.1 Å². The number of hydrogen-bond donors (Lipinski definition) is 3. The number of halogens is 2. The van der Waals surface area contributed by atoms with E-state index in [1.165, 1.54) is 65.6 Å². The Hall–Kier alpha value is -6.07. The van der Waals surface area contributed by atoms with E-state index in [0.29, 0.717) is 16.6 Å². The lowest BCUT2D eigenvalue weighted by molar-refractivity contribution is 0.103. The molecular weight excluding hydrogens is 604 g/mol. The maximum atomic E-state index is 15.0. The van der Waals surface area contributed by atoms with E-state index in [0.717, 1.165) is 6.07 Å². The molecule has 0 unspecified atom stereocenters. The first-order valence-corrected chi connectivity index (χ1v) is 14.7. The molecule has 0 radical (unpaired) electrons. The van der Waals surface area contributed by atoms with Gasteiger partial charge in [-0.15, -0.1) is 0 Å². The number of aromatic nitrogens is 4. The van der Waals surface area contributed by atoms with Crippen molar-refractivity contribution < 1.29 is 26.7 Å². The zero-order valence-corrected chi connectivity index (χ0v) is 24.1. The number of H-pyrrole nitrogens is 1. The smallest absolute Gasteiger partial charge is 0.262 e. The van der Waals surface area contributed by atoms with Gasteiger partial charge in [-0.2, -0.15) is 10.4 Å². The van der Waals surface area contributed by atoms with Gasteiger partial charge in [-0.25, -0.2) is 26.9 Å². The van der Waals surface area contributed by atoms with E-state index < -0.39 is 27.4 Å². The Balaban J connectivity index is 1.26. The molecule has 0 fully saturated rings. The number of benzene rings is 3. The van der Waals surface area contributed by atoms with E-state index >= 15 is 0 Å². The van der Waals surface area contributed by atoms with Gasteiger partial charge in [-0.05, 0) is 61.0 Å². The largest absolute Gasteiger partial charge is 0.436 e. The monoisotopic (exact) mass is 625 g/mol. The third-order valence-electron chi connectivity index (χ3n) is 6.86. The minimum absolute atomic E-state index is 0.00515. The number of nitrogens with two attached hydrogens (primary N) is 1. The molecule has 0 saturated heterocycles. The van der Waals surface area contributed by atoms with Crippen LogP contribution in [0.2, 0.25) is 0 Å². The van der Waals surface area contributed by atoms with Crippen LogP contribution in [0.25, 0.3) is 16.6 Å². The predicted octanol–water partition coefficient (Wildman–Crippen LogP) is 5.61. The fraction of sp³-hybridized carbons (Fsp3) is 0.0323. The number of anilines is 2. The van der Waals surface area contributed by atoms with Crippen molar-refractivity contribution in [3.8, 4) is 23.4 Å². The van der Waals surface area contributed by atoms with Gasteiger partial charge in [-0.3, -0.25) is 9.52 Å². The zero-order chi connectivity index (χ0) is 31.9. The van der Waals surface area contributed by atoms with Gasteiger partial charge in [0, 0.05) is 17.0 Å². The fourth-order valence-electron chi connectivity index (χ4n) is 4.60. The van der Waals surface area contributed by atoms with Gasteiger partial charge in [-0.1, -0.05) is 18.2 Å². The van der Waals surface area contributed by atoms with Crippen LogP contribution in [0.15, 0.2) is 90.1 Å². The number of rotatable bonds is 8. The van der Waals surface area contributed by atoms with Crippen molar-refractivity contribution in [2.24, 2.45) is 0 Å². The van der Waals surface area contributed by atoms with Gasteiger partial charge >= 0.3 is 0 Å². The van der Waals surface area contributed by atoms with Crippen LogP contribution in [0.4, 0.5) is 20.3 Å². The molecule has 0 aliphatic rings. The van der Waals surface area contributed by atoms with Gasteiger partial charge in [0.05, 0.1) is 51.6 Å². The van der Waals surface area contributed by atoms with Crippen LogP contribution in [-0.2, 0) is 10.0 Å². The van der Waals surface area contributed by atoms with Crippen LogP contribution >= 0.6 is 0 Å². The summed E-state index contributed by atoms with van der Waals surface area (Å²) in [6.45, 7) is 1.74. The number of pyridine rings is 1. The zero-order valence-electron chi connectivity index (χ0n) is 23.2. The Bertz CT molecular complexity index is 2290. The first-order chi connectivity index (χ1) is 21.5. The molecule has 3 aromatic carbocycles. The van der Waals surface area contributed by atoms with Gasteiger partial charge in [0.15, 0.2) is 11.6 Å². The minimum Gasteiger partial charge on any atom is -0.436 e. The first-order valence-electron chi connectivity index (χ1n) is 13.2. The van der Waals surface area contributed by atoms with Crippen molar-refractivity contribution in [2.45, 2.75) is 11.8 Å². The second-order valence-electron chi connectivity index (χ2n) is 9.87. The summed E-state index contributed by atoms with van der Waals surface area (Å²) < 4.78 is 63.7. The molecule has 0 aliphatic heterocycles. The van der Waals surface area contributed by atoms with E-state index in [-0.39, 0.29) is 50.4 Å². The SMILES string of the molecule is Cc1cc(Oc2ccccc2F)ncc1-n1ncc(C(=O)c2cc3cc(F)c(NS(=O)(=O)c4cccc(C#N)c4)cc3[nH]2)c1N. The Kier molecular flexibility index (Phi) is 7.23.